The minimum atomic E-state index is 0.0283. The van der Waals surface area contributed by atoms with E-state index in [1.807, 2.05) is 30.5 Å². The van der Waals surface area contributed by atoms with Gasteiger partial charge in [0.1, 0.15) is 0 Å². The van der Waals surface area contributed by atoms with Gasteiger partial charge in [-0.15, -0.1) is 0 Å². The zero-order valence-electron chi connectivity index (χ0n) is 13.2. The Balaban J connectivity index is 1.91. The maximum Gasteiger partial charge on any atom is 0.0682 e. The van der Waals surface area contributed by atoms with Crippen molar-refractivity contribution in [2.75, 3.05) is 0 Å². The molecule has 24 heavy (non-hydrogen) atoms. The average Bonchev–Trinajstić information content (AvgIpc) is 2.65. The molecule has 0 aliphatic rings. The fourth-order valence-electron chi connectivity index (χ4n) is 3.06. The zero-order valence-corrected chi connectivity index (χ0v) is 13.2. The van der Waals surface area contributed by atoms with Crippen molar-refractivity contribution in [3.63, 3.8) is 0 Å². The second-order valence-electron chi connectivity index (χ2n) is 5.82. The first-order valence-electron chi connectivity index (χ1n) is 7.99. The van der Waals surface area contributed by atoms with Gasteiger partial charge in [0, 0.05) is 11.8 Å². The molecule has 2 heteroatoms. The summed E-state index contributed by atoms with van der Waals surface area (Å²) in [5, 5.41) is 14.1. The summed E-state index contributed by atoms with van der Waals surface area (Å²) < 4.78 is 0. The van der Waals surface area contributed by atoms with Gasteiger partial charge >= 0.3 is 0 Å². The Bertz CT molecular complexity index is 996. The standard InChI is InChI=1S/C22H17NO/c24-15-16-6-5-9-19(12-16)23-14-22-20-10-3-1-7-17(20)13-18-8-2-4-11-21(18)22/h1-14,24H,15H2. The third-order valence-electron chi connectivity index (χ3n) is 4.25. The molecule has 116 valence electrons. The number of hydrogen-bond acceptors (Lipinski definition) is 2. The number of aliphatic hydroxyl groups excluding tert-OH is 1. The summed E-state index contributed by atoms with van der Waals surface area (Å²) >= 11 is 0. The quantitative estimate of drug-likeness (QED) is 0.407. The molecule has 0 saturated carbocycles. The van der Waals surface area contributed by atoms with Crippen LogP contribution < -0.4 is 0 Å². The lowest BCUT2D eigenvalue weighted by atomic mass is 9.97. The second-order valence-corrected chi connectivity index (χ2v) is 5.82. The molecule has 0 bridgehead atoms. The monoisotopic (exact) mass is 311 g/mol. The number of aliphatic hydroxyl groups is 1. The first kappa shape index (κ1) is 14.6. The van der Waals surface area contributed by atoms with Crippen LogP contribution in [0.2, 0.25) is 0 Å². The molecule has 0 heterocycles. The highest BCUT2D eigenvalue weighted by Crippen LogP contribution is 2.28. The second kappa shape index (κ2) is 6.26. The minimum Gasteiger partial charge on any atom is -0.392 e. The van der Waals surface area contributed by atoms with Crippen molar-refractivity contribution in [2.45, 2.75) is 6.61 Å². The van der Waals surface area contributed by atoms with E-state index in [1.54, 1.807) is 0 Å². The van der Waals surface area contributed by atoms with E-state index in [9.17, 15) is 5.11 Å². The van der Waals surface area contributed by atoms with Gasteiger partial charge in [0.25, 0.3) is 0 Å². The molecule has 0 amide bonds. The van der Waals surface area contributed by atoms with E-state index in [4.69, 9.17) is 0 Å². The predicted molar refractivity (Wildman–Crippen MR) is 101 cm³/mol. The highest BCUT2D eigenvalue weighted by atomic mass is 16.3. The lowest BCUT2D eigenvalue weighted by Gasteiger charge is -2.08. The van der Waals surface area contributed by atoms with Crippen molar-refractivity contribution in [2.24, 2.45) is 4.99 Å². The third-order valence-corrected chi connectivity index (χ3v) is 4.25. The van der Waals surface area contributed by atoms with E-state index in [1.165, 1.54) is 21.5 Å². The maximum absolute atomic E-state index is 9.28. The number of aliphatic imine (C=N–C) groups is 1. The van der Waals surface area contributed by atoms with E-state index >= 15 is 0 Å². The maximum atomic E-state index is 9.28. The highest BCUT2D eigenvalue weighted by molar-refractivity contribution is 6.13. The van der Waals surface area contributed by atoms with Crippen LogP contribution >= 0.6 is 0 Å². The Morgan fingerprint density at radius 3 is 2.08 bits per heavy atom. The Hall–Kier alpha value is -2.97. The minimum absolute atomic E-state index is 0.0283. The molecule has 0 fully saturated rings. The van der Waals surface area contributed by atoms with Gasteiger partial charge in [-0.2, -0.15) is 0 Å². The number of fused-ring (bicyclic) bond motifs is 2. The lowest BCUT2D eigenvalue weighted by molar-refractivity contribution is 0.282. The summed E-state index contributed by atoms with van der Waals surface area (Å²) in [6.07, 6.45) is 1.93. The molecule has 4 rings (SSSR count). The van der Waals surface area contributed by atoms with Gasteiger partial charge in [0.2, 0.25) is 0 Å². The number of hydrogen-bond donors (Lipinski definition) is 1. The highest BCUT2D eigenvalue weighted by Gasteiger charge is 2.05. The molecule has 0 radical (unpaired) electrons. The fourth-order valence-corrected chi connectivity index (χ4v) is 3.06. The molecular weight excluding hydrogens is 294 g/mol. The SMILES string of the molecule is OCc1cccc(N=Cc2c3ccccc3cc3ccccc23)c1. The molecular formula is C22H17NO. The molecule has 0 spiro atoms. The normalized spacial score (nSPS) is 11.5. The summed E-state index contributed by atoms with van der Waals surface area (Å²) in [7, 11) is 0. The summed E-state index contributed by atoms with van der Waals surface area (Å²) in [5.41, 5.74) is 2.84. The molecule has 0 aromatic heterocycles. The van der Waals surface area contributed by atoms with Crippen molar-refractivity contribution in [3.8, 4) is 0 Å². The Morgan fingerprint density at radius 1 is 0.750 bits per heavy atom. The summed E-state index contributed by atoms with van der Waals surface area (Å²) in [6, 6.07) is 26.6. The summed E-state index contributed by atoms with van der Waals surface area (Å²) in [5.74, 6) is 0. The zero-order chi connectivity index (χ0) is 16.4. The predicted octanol–water partition coefficient (Wildman–Crippen LogP) is 5.24. The van der Waals surface area contributed by atoms with Crippen molar-refractivity contribution in [1.29, 1.82) is 0 Å². The van der Waals surface area contributed by atoms with Crippen LogP contribution in [0.4, 0.5) is 5.69 Å². The van der Waals surface area contributed by atoms with Crippen LogP contribution in [0.5, 0.6) is 0 Å². The van der Waals surface area contributed by atoms with Crippen molar-refractivity contribution in [3.05, 3.63) is 90.0 Å². The smallest absolute Gasteiger partial charge is 0.0682 e. The van der Waals surface area contributed by atoms with Gasteiger partial charge < -0.3 is 5.11 Å². The van der Waals surface area contributed by atoms with Crippen molar-refractivity contribution < 1.29 is 5.11 Å². The Kier molecular flexibility index (Phi) is 3.81. The average molecular weight is 311 g/mol. The van der Waals surface area contributed by atoms with Gasteiger partial charge in [-0.25, -0.2) is 0 Å². The molecule has 4 aromatic rings. The first-order valence-corrected chi connectivity index (χ1v) is 7.99. The van der Waals surface area contributed by atoms with Crippen LogP contribution in [0.3, 0.4) is 0 Å². The lowest BCUT2D eigenvalue weighted by Crippen LogP contribution is -1.88. The largest absolute Gasteiger partial charge is 0.392 e. The van der Waals surface area contributed by atoms with E-state index in [-0.39, 0.29) is 6.61 Å². The molecule has 0 unspecified atom stereocenters. The van der Waals surface area contributed by atoms with E-state index in [2.05, 4.69) is 59.6 Å². The van der Waals surface area contributed by atoms with Crippen LogP contribution in [-0.4, -0.2) is 11.3 Å². The first-order chi connectivity index (χ1) is 11.8. The molecule has 4 aromatic carbocycles. The topological polar surface area (TPSA) is 32.6 Å². The van der Waals surface area contributed by atoms with Gasteiger partial charge in [-0.3, -0.25) is 4.99 Å². The number of benzene rings is 4. The van der Waals surface area contributed by atoms with Gasteiger partial charge in [0.05, 0.1) is 12.3 Å². The van der Waals surface area contributed by atoms with Crippen molar-refractivity contribution in [1.82, 2.24) is 0 Å². The third kappa shape index (κ3) is 2.68. The van der Waals surface area contributed by atoms with E-state index in [0.717, 1.165) is 16.8 Å². The molecule has 0 saturated heterocycles. The summed E-state index contributed by atoms with van der Waals surface area (Å²) in [4.78, 5) is 4.65. The van der Waals surface area contributed by atoms with Crippen LogP contribution in [0.25, 0.3) is 21.5 Å². The Morgan fingerprint density at radius 2 is 1.42 bits per heavy atom. The van der Waals surface area contributed by atoms with Gasteiger partial charge in [-0.05, 0) is 45.3 Å². The number of nitrogens with zero attached hydrogens (tertiary/aromatic N) is 1. The number of rotatable bonds is 3. The van der Waals surface area contributed by atoms with Crippen LogP contribution in [-0.2, 0) is 6.61 Å². The molecule has 2 nitrogen and oxygen atoms in total. The fraction of sp³-hybridized carbons (Fsp3) is 0.0455. The van der Waals surface area contributed by atoms with Gasteiger partial charge in [-0.1, -0.05) is 60.7 Å². The molecule has 1 N–H and O–H groups in total. The van der Waals surface area contributed by atoms with Crippen molar-refractivity contribution >= 4 is 33.4 Å². The summed E-state index contributed by atoms with van der Waals surface area (Å²) in [6.45, 7) is 0.0283. The molecule has 0 aliphatic heterocycles. The van der Waals surface area contributed by atoms with E-state index < -0.39 is 0 Å². The molecule has 0 atom stereocenters. The van der Waals surface area contributed by atoms with Crippen LogP contribution in [0.15, 0.2) is 83.9 Å². The van der Waals surface area contributed by atoms with Crippen LogP contribution in [0.1, 0.15) is 11.1 Å². The van der Waals surface area contributed by atoms with Gasteiger partial charge in [0.15, 0.2) is 0 Å². The van der Waals surface area contributed by atoms with E-state index in [0.29, 0.717) is 0 Å². The Labute approximate surface area is 140 Å². The van der Waals surface area contributed by atoms with Crippen LogP contribution in [0, 0.1) is 0 Å². The molecule has 0 aliphatic carbocycles.